The molecule has 0 aliphatic rings. The van der Waals surface area contributed by atoms with E-state index in [4.69, 9.17) is 0 Å². The molecule has 0 aliphatic carbocycles. The molecule has 2 unspecified atom stereocenters. The molecule has 1 N–H and O–H groups in total. The molecule has 0 fully saturated rings. The van der Waals surface area contributed by atoms with Gasteiger partial charge >= 0.3 is 0 Å². The van der Waals surface area contributed by atoms with E-state index in [0.717, 1.165) is 17.7 Å². The summed E-state index contributed by atoms with van der Waals surface area (Å²) in [5, 5.41) is 10.2. The minimum absolute atomic E-state index is 0.196. The molecule has 100 valence electrons. The van der Waals surface area contributed by atoms with Crippen molar-refractivity contribution in [2.75, 3.05) is 0 Å². The first-order valence-corrected chi connectivity index (χ1v) is 6.25. The van der Waals surface area contributed by atoms with E-state index < -0.39 is 17.7 Å². The molecule has 2 aromatic rings. The van der Waals surface area contributed by atoms with E-state index in [1.165, 1.54) is 6.07 Å². The maximum atomic E-state index is 13.5. The van der Waals surface area contributed by atoms with Crippen molar-refractivity contribution in [2.45, 2.75) is 19.4 Å². The summed E-state index contributed by atoms with van der Waals surface area (Å²) in [6, 6.07) is 12.6. The van der Waals surface area contributed by atoms with E-state index in [0.29, 0.717) is 12.0 Å². The molecule has 2 atom stereocenters. The summed E-state index contributed by atoms with van der Waals surface area (Å²) in [5.41, 5.74) is 1.08. The lowest BCUT2D eigenvalue weighted by Crippen LogP contribution is -2.13. The van der Waals surface area contributed by atoms with Gasteiger partial charge in [-0.15, -0.1) is 0 Å². The molecule has 0 amide bonds. The zero-order valence-corrected chi connectivity index (χ0v) is 10.7. The topological polar surface area (TPSA) is 20.2 Å². The molecule has 3 heteroatoms. The van der Waals surface area contributed by atoms with Crippen molar-refractivity contribution in [1.82, 2.24) is 0 Å². The number of rotatable bonds is 4. The van der Waals surface area contributed by atoms with Gasteiger partial charge in [-0.1, -0.05) is 37.3 Å². The summed E-state index contributed by atoms with van der Waals surface area (Å²) >= 11 is 0. The summed E-state index contributed by atoms with van der Waals surface area (Å²) in [6.45, 7) is 1.82. The molecular formula is C16H16F2O. The van der Waals surface area contributed by atoms with E-state index >= 15 is 0 Å². The van der Waals surface area contributed by atoms with E-state index in [9.17, 15) is 13.9 Å². The number of aliphatic hydroxyl groups excluding tert-OH is 1. The second kappa shape index (κ2) is 5.93. The van der Waals surface area contributed by atoms with Gasteiger partial charge in [0.05, 0.1) is 6.10 Å². The van der Waals surface area contributed by atoms with Gasteiger partial charge in [-0.05, 0) is 41.7 Å². The van der Waals surface area contributed by atoms with Gasteiger partial charge in [0.2, 0.25) is 0 Å². The third kappa shape index (κ3) is 3.38. The fourth-order valence-corrected chi connectivity index (χ4v) is 2.14. The first-order valence-electron chi connectivity index (χ1n) is 6.25. The quantitative estimate of drug-likeness (QED) is 0.886. The van der Waals surface area contributed by atoms with Crippen molar-refractivity contribution in [1.29, 1.82) is 0 Å². The van der Waals surface area contributed by atoms with Crippen LogP contribution in [0.15, 0.2) is 48.5 Å². The first kappa shape index (κ1) is 13.7. The van der Waals surface area contributed by atoms with Crippen molar-refractivity contribution < 1.29 is 13.9 Å². The molecule has 1 nitrogen and oxygen atoms in total. The lowest BCUT2D eigenvalue weighted by atomic mass is 9.91. The fourth-order valence-electron chi connectivity index (χ4n) is 2.14. The van der Waals surface area contributed by atoms with Gasteiger partial charge in [0.15, 0.2) is 0 Å². The van der Waals surface area contributed by atoms with Crippen LogP contribution < -0.4 is 0 Å². The Morgan fingerprint density at radius 3 is 2.42 bits per heavy atom. The SMILES string of the molecule is CC(Cc1cc(F)ccc1F)C(O)c1ccccc1. The van der Waals surface area contributed by atoms with E-state index in [1.54, 1.807) is 0 Å². The third-order valence-corrected chi connectivity index (χ3v) is 3.23. The van der Waals surface area contributed by atoms with Crippen LogP contribution in [0, 0.1) is 17.6 Å². The Hall–Kier alpha value is -1.74. The fraction of sp³-hybridized carbons (Fsp3) is 0.250. The molecule has 19 heavy (non-hydrogen) atoms. The highest BCUT2D eigenvalue weighted by Gasteiger charge is 2.18. The van der Waals surface area contributed by atoms with Crippen LogP contribution in [0.5, 0.6) is 0 Å². The highest BCUT2D eigenvalue weighted by molar-refractivity contribution is 5.22. The predicted molar refractivity (Wildman–Crippen MR) is 70.6 cm³/mol. The van der Waals surface area contributed by atoms with Crippen molar-refractivity contribution in [3.63, 3.8) is 0 Å². The Morgan fingerprint density at radius 2 is 1.74 bits per heavy atom. The highest BCUT2D eigenvalue weighted by Crippen LogP contribution is 2.25. The van der Waals surface area contributed by atoms with Gasteiger partial charge < -0.3 is 5.11 Å². The summed E-state index contributed by atoms with van der Waals surface area (Å²) in [4.78, 5) is 0. The van der Waals surface area contributed by atoms with Gasteiger partial charge in [-0.25, -0.2) is 8.78 Å². The zero-order valence-electron chi connectivity index (χ0n) is 10.7. The number of aliphatic hydroxyl groups is 1. The third-order valence-electron chi connectivity index (χ3n) is 3.23. The summed E-state index contributed by atoms with van der Waals surface area (Å²) in [7, 11) is 0. The summed E-state index contributed by atoms with van der Waals surface area (Å²) in [5.74, 6) is -1.09. The Balaban J connectivity index is 2.12. The van der Waals surface area contributed by atoms with Crippen molar-refractivity contribution in [2.24, 2.45) is 5.92 Å². The monoisotopic (exact) mass is 262 g/mol. The van der Waals surface area contributed by atoms with Gasteiger partial charge in [-0.2, -0.15) is 0 Å². The highest BCUT2D eigenvalue weighted by atomic mass is 19.1. The molecule has 0 saturated carbocycles. The molecule has 0 radical (unpaired) electrons. The van der Waals surface area contributed by atoms with Crippen molar-refractivity contribution >= 4 is 0 Å². The van der Waals surface area contributed by atoms with E-state index in [-0.39, 0.29) is 5.92 Å². The van der Waals surface area contributed by atoms with Crippen LogP contribution in [0.4, 0.5) is 8.78 Å². The number of halogens is 2. The van der Waals surface area contributed by atoms with Crippen molar-refractivity contribution in [3.8, 4) is 0 Å². The maximum absolute atomic E-state index is 13.5. The molecule has 0 bridgehead atoms. The van der Waals surface area contributed by atoms with Crippen LogP contribution in [0.2, 0.25) is 0 Å². The molecule has 2 aromatic carbocycles. The molecule has 0 aromatic heterocycles. The van der Waals surface area contributed by atoms with Crippen LogP contribution in [-0.2, 0) is 6.42 Å². The van der Waals surface area contributed by atoms with Gasteiger partial charge in [0.1, 0.15) is 11.6 Å². The molecule has 0 aliphatic heterocycles. The minimum atomic E-state index is -0.691. The summed E-state index contributed by atoms with van der Waals surface area (Å²) in [6.07, 6.45) is -0.400. The smallest absolute Gasteiger partial charge is 0.126 e. The lowest BCUT2D eigenvalue weighted by Gasteiger charge is -2.19. The standard InChI is InChI=1S/C16H16F2O/c1-11(16(19)12-5-3-2-4-6-12)9-13-10-14(17)7-8-15(13)18/h2-8,10-11,16,19H,9H2,1H3. The second-order valence-electron chi connectivity index (χ2n) is 4.77. The largest absolute Gasteiger partial charge is 0.388 e. The average molecular weight is 262 g/mol. The predicted octanol–water partition coefficient (Wildman–Crippen LogP) is 3.88. The molecule has 0 heterocycles. The minimum Gasteiger partial charge on any atom is -0.388 e. The van der Waals surface area contributed by atoms with Crippen LogP contribution >= 0.6 is 0 Å². The Kier molecular flexibility index (Phi) is 4.27. The average Bonchev–Trinajstić information content (AvgIpc) is 2.43. The zero-order chi connectivity index (χ0) is 13.8. The number of hydrogen-bond donors (Lipinski definition) is 1. The molecule has 2 rings (SSSR count). The number of benzene rings is 2. The Labute approximate surface area is 111 Å². The van der Waals surface area contributed by atoms with Crippen LogP contribution in [0.3, 0.4) is 0 Å². The van der Waals surface area contributed by atoms with E-state index in [1.807, 2.05) is 37.3 Å². The van der Waals surface area contributed by atoms with Crippen molar-refractivity contribution in [3.05, 3.63) is 71.3 Å². The molecule has 0 spiro atoms. The maximum Gasteiger partial charge on any atom is 0.126 e. The number of hydrogen-bond acceptors (Lipinski definition) is 1. The van der Waals surface area contributed by atoms with Gasteiger partial charge in [0.25, 0.3) is 0 Å². The van der Waals surface area contributed by atoms with Gasteiger partial charge in [-0.3, -0.25) is 0 Å². The first-order chi connectivity index (χ1) is 9.08. The van der Waals surface area contributed by atoms with Crippen LogP contribution in [0.25, 0.3) is 0 Å². The second-order valence-corrected chi connectivity index (χ2v) is 4.77. The molecular weight excluding hydrogens is 246 g/mol. The van der Waals surface area contributed by atoms with E-state index in [2.05, 4.69) is 0 Å². The van der Waals surface area contributed by atoms with Crippen LogP contribution in [-0.4, -0.2) is 5.11 Å². The van der Waals surface area contributed by atoms with Gasteiger partial charge in [0, 0.05) is 0 Å². The molecule has 0 saturated heterocycles. The normalized spacial score (nSPS) is 14.1. The Morgan fingerprint density at radius 1 is 1.05 bits per heavy atom. The van der Waals surface area contributed by atoms with Crippen LogP contribution in [0.1, 0.15) is 24.2 Å². The lowest BCUT2D eigenvalue weighted by molar-refractivity contribution is 0.117. The Bertz CT molecular complexity index is 540. The summed E-state index contributed by atoms with van der Waals surface area (Å²) < 4.78 is 26.6.